The van der Waals surface area contributed by atoms with Crippen LogP contribution in [-0.4, -0.2) is 62.7 Å². The summed E-state index contributed by atoms with van der Waals surface area (Å²) >= 11 is 0. The monoisotopic (exact) mass is 267 g/mol. The van der Waals surface area contributed by atoms with E-state index in [9.17, 15) is 0 Å². The van der Waals surface area contributed by atoms with E-state index >= 15 is 0 Å². The van der Waals surface area contributed by atoms with Crippen LogP contribution in [0.1, 0.15) is 45.4 Å². The molecule has 1 N–H and O–H groups in total. The second kappa shape index (κ2) is 7.05. The molecular formula is C16H33N3. The first-order valence-corrected chi connectivity index (χ1v) is 8.25. The minimum atomic E-state index is 0.564. The van der Waals surface area contributed by atoms with Crippen molar-refractivity contribution < 1.29 is 0 Å². The van der Waals surface area contributed by atoms with Gasteiger partial charge in [-0.15, -0.1) is 0 Å². The maximum Gasteiger partial charge on any atom is 0.0117 e. The van der Waals surface area contributed by atoms with E-state index in [2.05, 4.69) is 36.1 Å². The summed E-state index contributed by atoms with van der Waals surface area (Å²) < 4.78 is 0. The van der Waals surface area contributed by atoms with Gasteiger partial charge in [0.1, 0.15) is 0 Å². The van der Waals surface area contributed by atoms with Crippen molar-refractivity contribution in [3.05, 3.63) is 0 Å². The van der Waals surface area contributed by atoms with Crippen LogP contribution < -0.4 is 5.32 Å². The third kappa shape index (κ3) is 4.17. The predicted molar refractivity (Wildman–Crippen MR) is 82.6 cm³/mol. The van der Waals surface area contributed by atoms with Gasteiger partial charge in [-0.05, 0) is 64.8 Å². The molecule has 3 heteroatoms. The van der Waals surface area contributed by atoms with E-state index in [4.69, 9.17) is 0 Å². The van der Waals surface area contributed by atoms with Gasteiger partial charge in [0.05, 0.1) is 0 Å². The molecule has 1 aliphatic carbocycles. The Morgan fingerprint density at radius 2 is 1.84 bits per heavy atom. The predicted octanol–water partition coefficient (Wildman–Crippen LogP) is 2.18. The van der Waals surface area contributed by atoms with Crippen LogP contribution in [-0.2, 0) is 0 Å². The summed E-state index contributed by atoms with van der Waals surface area (Å²) in [5.41, 5.74) is 0.564. The van der Waals surface area contributed by atoms with Crippen molar-refractivity contribution in [1.82, 2.24) is 15.1 Å². The van der Waals surface area contributed by atoms with Crippen LogP contribution in [0.15, 0.2) is 0 Å². The van der Waals surface area contributed by atoms with Crippen molar-refractivity contribution in [3.8, 4) is 0 Å². The van der Waals surface area contributed by atoms with Gasteiger partial charge in [-0.2, -0.15) is 0 Å². The Bertz CT molecular complexity index is 253. The standard InChI is InChI=1S/C16H33N3/c1-4-17-13-16(9-5-6-10-16)14-19(3)15-7-11-18(2)12-8-15/h15,17H,4-14H2,1-3H3. The first-order chi connectivity index (χ1) is 9.15. The highest BCUT2D eigenvalue weighted by Crippen LogP contribution is 2.38. The lowest BCUT2D eigenvalue weighted by Gasteiger charge is -2.40. The fourth-order valence-electron chi connectivity index (χ4n) is 4.00. The SMILES string of the molecule is CCNCC1(CN(C)C2CCN(C)CC2)CCCC1. The molecule has 0 unspecified atom stereocenters. The molecule has 1 aliphatic heterocycles. The molecule has 0 spiro atoms. The molecule has 2 fully saturated rings. The number of likely N-dealkylation sites (tertiary alicyclic amines) is 1. The zero-order valence-electron chi connectivity index (χ0n) is 13.2. The van der Waals surface area contributed by atoms with Crippen molar-refractivity contribution in [2.24, 2.45) is 5.41 Å². The normalized spacial score (nSPS) is 25.3. The Morgan fingerprint density at radius 3 is 2.42 bits per heavy atom. The summed E-state index contributed by atoms with van der Waals surface area (Å²) in [5, 5.41) is 3.61. The lowest BCUT2D eigenvalue weighted by atomic mass is 9.84. The number of nitrogens with zero attached hydrogens (tertiary/aromatic N) is 2. The van der Waals surface area contributed by atoms with Gasteiger partial charge in [0.25, 0.3) is 0 Å². The molecule has 112 valence electrons. The largest absolute Gasteiger partial charge is 0.316 e. The van der Waals surface area contributed by atoms with Crippen molar-refractivity contribution in [3.63, 3.8) is 0 Å². The lowest BCUT2D eigenvalue weighted by molar-refractivity contribution is 0.0938. The number of nitrogens with one attached hydrogen (secondary N) is 1. The Balaban J connectivity index is 1.86. The minimum absolute atomic E-state index is 0.564. The van der Waals surface area contributed by atoms with Gasteiger partial charge in [-0.3, -0.25) is 0 Å². The molecule has 0 aromatic rings. The van der Waals surface area contributed by atoms with Gasteiger partial charge in [0.15, 0.2) is 0 Å². The van der Waals surface area contributed by atoms with E-state index in [0.717, 1.165) is 12.6 Å². The highest BCUT2D eigenvalue weighted by molar-refractivity contribution is 4.90. The second-order valence-corrected chi connectivity index (χ2v) is 6.94. The van der Waals surface area contributed by atoms with E-state index < -0.39 is 0 Å². The maximum atomic E-state index is 3.61. The van der Waals surface area contributed by atoms with Crippen molar-refractivity contribution in [2.45, 2.75) is 51.5 Å². The number of piperidine rings is 1. The van der Waals surface area contributed by atoms with E-state index in [1.807, 2.05) is 0 Å². The van der Waals surface area contributed by atoms with E-state index in [1.165, 1.54) is 64.7 Å². The highest BCUT2D eigenvalue weighted by atomic mass is 15.2. The lowest BCUT2D eigenvalue weighted by Crippen LogP contribution is -2.48. The molecule has 1 heterocycles. The summed E-state index contributed by atoms with van der Waals surface area (Å²) in [6.07, 6.45) is 8.43. The van der Waals surface area contributed by atoms with Gasteiger partial charge in [-0.1, -0.05) is 19.8 Å². The molecular weight excluding hydrogens is 234 g/mol. The highest BCUT2D eigenvalue weighted by Gasteiger charge is 2.36. The second-order valence-electron chi connectivity index (χ2n) is 6.94. The Labute approximate surface area is 119 Å². The zero-order chi connectivity index (χ0) is 13.7. The summed E-state index contributed by atoms with van der Waals surface area (Å²) in [7, 11) is 4.61. The van der Waals surface area contributed by atoms with Crippen LogP contribution in [0.3, 0.4) is 0 Å². The van der Waals surface area contributed by atoms with Crippen LogP contribution in [0.25, 0.3) is 0 Å². The third-order valence-electron chi connectivity index (χ3n) is 5.31. The topological polar surface area (TPSA) is 18.5 Å². The summed E-state index contributed by atoms with van der Waals surface area (Å²) in [4.78, 5) is 5.14. The quantitative estimate of drug-likeness (QED) is 0.796. The molecule has 1 saturated heterocycles. The van der Waals surface area contributed by atoms with Crippen LogP contribution >= 0.6 is 0 Å². The molecule has 2 rings (SSSR count). The summed E-state index contributed by atoms with van der Waals surface area (Å²) in [5.74, 6) is 0. The van der Waals surface area contributed by atoms with Crippen molar-refractivity contribution in [2.75, 3.05) is 46.8 Å². The average Bonchev–Trinajstić information content (AvgIpc) is 2.86. The molecule has 3 nitrogen and oxygen atoms in total. The van der Waals surface area contributed by atoms with E-state index in [-0.39, 0.29) is 0 Å². The zero-order valence-corrected chi connectivity index (χ0v) is 13.2. The maximum absolute atomic E-state index is 3.61. The van der Waals surface area contributed by atoms with Gasteiger partial charge in [-0.25, -0.2) is 0 Å². The van der Waals surface area contributed by atoms with Crippen LogP contribution in [0, 0.1) is 5.41 Å². The fraction of sp³-hybridized carbons (Fsp3) is 1.00. The van der Waals surface area contributed by atoms with Crippen LogP contribution in [0.2, 0.25) is 0 Å². The molecule has 2 aliphatic rings. The van der Waals surface area contributed by atoms with Gasteiger partial charge < -0.3 is 15.1 Å². The van der Waals surface area contributed by atoms with Crippen molar-refractivity contribution >= 4 is 0 Å². The van der Waals surface area contributed by atoms with Gasteiger partial charge in [0.2, 0.25) is 0 Å². The Morgan fingerprint density at radius 1 is 1.21 bits per heavy atom. The first-order valence-electron chi connectivity index (χ1n) is 8.25. The van der Waals surface area contributed by atoms with Crippen LogP contribution in [0.5, 0.6) is 0 Å². The fourth-order valence-corrected chi connectivity index (χ4v) is 4.00. The smallest absolute Gasteiger partial charge is 0.0117 e. The molecule has 0 radical (unpaired) electrons. The molecule has 0 aromatic carbocycles. The summed E-state index contributed by atoms with van der Waals surface area (Å²) in [6, 6.07) is 0.815. The first kappa shape index (κ1) is 15.3. The number of hydrogen-bond donors (Lipinski definition) is 1. The molecule has 0 bridgehead atoms. The molecule has 1 saturated carbocycles. The minimum Gasteiger partial charge on any atom is -0.316 e. The molecule has 19 heavy (non-hydrogen) atoms. The van der Waals surface area contributed by atoms with Crippen molar-refractivity contribution in [1.29, 1.82) is 0 Å². The third-order valence-corrected chi connectivity index (χ3v) is 5.31. The Kier molecular flexibility index (Phi) is 5.67. The van der Waals surface area contributed by atoms with Gasteiger partial charge in [0, 0.05) is 19.1 Å². The van der Waals surface area contributed by atoms with E-state index in [0.29, 0.717) is 5.41 Å². The average molecular weight is 267 g/mol. The number of hydrogen-bond acceptors (Lipinski definition) is 3. The molecule has 0 aromatic heterocycles. The number of rotatable bonds is 6. The Hall–Kier alpha value is -0.120. The molecule has 0 atom stereocenters. The van der Waals surface area contributed by atoms with E-state index in [1.54, 1.807) is 0 Å². The molecule has 0 amide bonds. The van der Waals surface area contributed by atoms with Crippen LogP contribution in [0.4, 0.5) is 0 Å². The summed E-state index contributed by atoms with van der Waals surface area (Å²) in [6.45, 7) is 8.41. The van der Waals surface area contributed by atoms with Gasteiger partial charge >= 0.3 is 0 Å².